The molecule has 3 heteroatoms. The van der Waals surface area contributed by atoms with E-state index in [1.807, 2.05) is 12.4 Å². The number of nitrogens with zero attached hydrogens (tertiary/aromatic N) is 2. The van der Waals surface area contributed by atoms with Crippen molar-refractivity contribution in [1.29, 1.82) is 0 Å². The van der Waals surface area contributed by atoms with E-state index >= 15 is 0 Å². The second kappa shape index (κ2) is 4.16. The fourth-order valence-electron chi connectivity index (χ4n) is 0.904. The summed E-state index contributed by atoms with van der Waals surface area (Å²) >= 11 is 0. The van der Waals surface area contributed by atoms with E-state index in [4.69, 9.17) is 4.74 Å². The third kappa shape index (κ3) is 2.27. The monoisotopic (exact) mass is 166 g/mol. The van der Waals surface area contributed by atoms with E-state index in [0.29, 0.717) is 12.5 Å². The topological polar surface area (TPSA) is 35.0 Å². The molecule has 0 N–H and O–H groups in total. The lowest BCUT2D eigenvalue weighted by atomic mass is 10.2. The number of hydrogen-bond acceptors (Lipinski definition) is 3. The van der Waals surface area contributed by atoms with Gasteiger partial charge in [0.2, 0.25) is 0 Å². The van der Waals surface area contributed by atoms with Crippen molar-refractivity contribution in [1.82, 2.24) is 9.97 Å². The molecule has 0 atom stereocenters. The summed E-state index contributed by atoms with van der Waals surface area (Å²) in [7, 11) is 1.66. The predicted octanol–water partition coefficient (Wildman–Crippen LogP) is 1.75. The Balaban J connectivity index is 2.71. The highest BCUT2D eigenvalue weighted by atomic mass is 16.5. The lowest BCUT2D eigenvalue weighted by molar-refractivity contribution is 0.184. The van der Waals surface area contributed by atoms with Crippen molar-refractivity contribution >= 4 is 0 Å². The molecule has 0 aliphatic heterocycles. The maximum Gasteiger partial charge on any atom is 0.130 e. The van der Waals surface area contributed by atoms with Gasteiger partial charge >= 0.3 is 0 Å². The Kier molecular flexibility index (Phi) is 3.17. The van der Waals surface area contributed by atoms with Crippen molar-refractivity contribution in [3.63, 3.8) is 0 Å². The molecule has 1 aromatic rings. The largest absolute Gasteiger partial charge is 0.380 e. The van der Waals surface area contributed by atoms with Crippen LogP contribution in [0.15, 0.2) is 12.4 Å². The van der Waals surface area contributed by atoms with Crippen LogP contribution < -0.4 is 0 Å². The van der Waals surface area contributed by atoms with Gasteiger partial charge in [-0.1, -0.05) is 13.8 Å². The average molecular weight is 166 g/mol. The number of ether oxygens (including phenoxy) is 1. The summed E-state index contributed by atoms with van der Waals surface area (Å²) < 4.78 is 4.95. The molecule has 1 rings (SSSR count). The van der Waals surface area contributed by atoms with Gasteiger partial charge in [-0.2, -0.15) is 0 Å². The van der Waals surface area contributed by atoms with Crippen LogP contribution in [0.4, 0.5) is 0 Å². The zero-order valence-electron chi connectivity index (χ0n) is 7.74. The maximum atomic E-state index is 4.95. The van der Waals surface area contributed by atoms with E-state index in [1.54, 1.807) is 7.11 Å². The second-order valence-corrected chi connectivity index (χ2v) is 3.04. The Hall–Kier alpha value is -0.960. The van der Waals surface area contributed by atoms with Crippen LogP contribution >= 0.6 is 0 Å². The van der Waals surface area contributed by atoms with E-state index in [9.17, 15) is 0 Å². The molecule has 0 aromatic carbocycles. The van der Waals surface area contributed by atoms with Crippen LogP contribution in [0.5, 0.6) is 0 Å². The average Bonchev–Trinajstić information content (AvgIpc) is 2.06. The Bertz CT molecular complexity index is 231. The van der Waals surface area contributed by atoms with Gasteiger partial charge in [0, 0.05) is 31.0 Å². The first-order valence-electron chi connectivity index (χ1n) is 4.03. The first-order valence-corrected chi connectivity index (χ1v) is 4.03. The fourth-order valence-corrected chi connectivity index (χ4v) is 0.904. The number of aromatic nitrogens is 2. The Morgan fingerprint density at radius 3 is 2.33 bits per heavy atom. The molecule has 0 amide bonds. The number of rotatable bonds is 3. The molecular formula is C9H14N2O. The van der Waals surface area contributed by atoms with Crippen LogP contribution in [-0.2, 0) is 11.3 Å². The minimum Gasteiger partial charge on any atom is -0.380 e. The summed E-state index contributed by atoms with van der Waals surface area (Å²) in [6, 6.07) is 0. The highest BCUT2D eigenvalue weighted by Gasteiger charge is 2.01. The molecule has 0 aliphatic carbocycles. The van der Waals surface area contributed by atoms with Gasteiger partial charge in [0.1, 0.15) is 5.82 Å². The predicted molar refractivity (Wildman–Crippen MR) is 46.8 cm³/mol. The zero-order valence-corrected chi connectivity index (χ0v) is 7.74. The van der Waals surface area contributed by atoms with Gasteiger partial charge in [-0.15, -0.1) is 0 Å². The third-order valence-electron chi connectivity index (χ3n) is 1.55. The van der Waals surface area contributed by atoms with Gasteiger partial charge in [0.15, 0.2) is 0 Å². The molecular weight excluding hydrogens is 152 g/mol. The highest BCUT2D eigenvalue weighted by Crippen LogP contribution is 2.07. The van der Waals surface area contributed by atoms with Crippen LogP contribution in [0.25, 0.3) is 0 Å². The Morgan fingerprint density at radius 1 is 1.33 bits per heavy atom. The smallest absolute Gasteiger partial charge is 0.130 e. The first kappa shape index (κ1) is 9.13. The molecule has 0 fully saturated rings. The van der Waals surface area contributed by atoms with Crippen LogP contribution in [0.2, 0.25) is 0 Å². The quantitative estimate of drug-likeness (QED) is 0.686. The van der Waals surface area contributed by atoms with E-state index in [2.05, 4.69) is 23.8 Å². The van der Waals surface area contributed by atoms with Crippen molar-refractivity contribution in [2.45, 2.75) is 26.4 Å². The normalized spacial score (nSPS) is 10.7. The minimum atomic E-state index is 0.390. The summed E-state index contributed by atoms with van der Waals surface area (Å²) in [6.07, 6.45) is 3.62. The molecule has 0 saturated carbocycles. The molecule has 0 aliphatic rings. The summed E-state index contributed by atoms with van der Waals surface area (Å²) in [5, 5.41) is 0. The van der Waals surface area contributed by atoms with Crippen molar-refractivity contribution < 1.29 is 4.74 Å². The lowest BCUT2D eigenvalue weighted by Crippen LogP contribution is -1.98. The van der Waals surface area contributed by atoms with Crippen molar-refractivity contribution in [3.8, 4) is 0 Å². The second-order valence-electron chi connectivity index (χ2n) is 3.04. The fraction of sp³-hybridized carbons (Fsp3) is 0.556. The summed E-state index contributed by atoms with van der Waals surface area (Å²) in [5.41, 5.74) is 1.02. The lowest BCUT2D eigenvalue weighted by Gasteiger charge is -2.03. The maximum absolute atomic E-state index is 4.95. The van der Waals surface area contributed by atoms with Crippen LogP contribution in [-0.4, -0.2) is 17.1 Å². The van der Waals surface area contributed by atoms with Crippen LogP contribution in [0.1, 0.15) is 31.2 Å². The van der Waals surface area contributed by atoms with Gasteiger partial charge in [-0.25, -0.2) is 9.97 Å². The van der Waals surface area contributed by atoms with E-state index in [0.717, 1.165) is 11.4 Å². The third-order valence-corrected chi connectivity index (χ3v) is 1.55. The molecule has 3 nitrogen and oxygen atoms in total. The van der Waals surface area contributed by atoms with Gasteiger partial charge in [0.25, 0.3) is 0 Å². The van der Waals surface area contributed by atoms with Gasteiger partial charge < -0.3 is 4.74 Å². The summed E-state index contributed by atoms with van der Waals surface area (Å²) in [4.78, 5) is 8.41. The molecule has 0 unspecified atom stereocenters. The van der Waals surface area contributed by atoms with Crippen LogP contribution in [0.3, 0.4) is 0 Å². The van der Waals surface area contributed by atoms with Crippen molar-refractivity contribution in [2.75, 3.05) is 7.11 Å². The van der Waals surface area contributed by atoms with Gasteiger partial charge in [-0.05, 0) is 0 Å². The molecule has 0 saturated heterocycles. The summed E-state index contributed by atoms with van der Waals surface area (Å²) in [6.45, 7) is 4.73. The number of hydrogen-bond donors (Lipinski definition) is 0. The SMILES string of the molecule is COCc1cnc(C(C)C)nc1. The highest BCUT2D eigenvalue weighted by molar-refractivity contribution is 5.05. The summed E-state index contributed by atoms with van der Waals surface area (Å²) in [5.74, 6) is 1.27. The molecule has 0 spiro atoms. The number of methoxy groups -OCH3 is 1. The molecule has 66 valence electrons. The van der Waals surface area contributed by atoms with Gasteiger partial charge in [0.05, 0.1) is 6.61 Å². The zero-order chi connectivity index (χ0) is 8.97. The molecule has 0 radical (unpaired) electrons. The minimum absolute atomic E-state index is 0.390. The van der Waals surface area contributed by atoms with Crippen molar-refractivity contribution in [3.05, 3.63) is 23.8 Å². The standard InChI is InChI=1S/C9H14N2O/c1-7(2)9-10-4-8(5-11-9)6-12-3/h4-5,7H,6H2,1-3H3. The van der Waals surface area contributed by atoms with Gasteiger partial charge in [-0.3, -0.25) is 0 Å². The molecule has 1 aromatic heterocycles. The molecule has 0 bridgehead atoms. The Labute approximate surface area is 72.8 Å². The van der Waals surface area contributed by atoms with Crippen LogP contribution in [0, 0.1) is 0 Å². The molecule has 1 heterocycles. The molecule has 12 heavy (non-hydrogen) atoms. The Morgan fingerprint density at radius 2 is 1.92 bits per heavy atom. The first-order chi connectivity index (χ1) is 5.74. The van der Waals surface area contributed by atoms with E-state index < -0.39 is 0 Å². The van der Waals surface area contributed by atoms with Crippen molar-refractivity contribution in [2.24, 2.45) is 0 Å². The van der Waals surface area contributed by atoms with E-state index in [-0.39, 0.29) is 0 Å². The van der Waals surface area contributed by atoms with E-state index in [1.165, 1.54) is 0 Å².